The van der Waals surface area contributed by atoms with Gasteiger partial charge in [-0.3, -0.25) is 4.79 Å². The number of ketones is 1. The van der Waals surface area contributed by atoms with Gasteiger partial charge in [-0.05, 0) is 35.9 Å². The fraction of sp³-hybridized carbons (Fsp3) is 0.182. The summed E-state index contributed by atoms with van der Waals surface area (Å²) in [5.41, 5.74) is 0.943. The average molecular weight is 433 g/mol. The van der Waals surface area contributed by atoms with Crippen LogP contribution in [-0.2, 0) is 4.79 Å². The molecular weight excluding hydrogens is 412 g/mol. The smallest absolute Gasteiger partial charge is 0.354 e. The van der Waals surface area contributed by atoms with Crippen molar-refractivity contribution in [3.63, 3.8) is 0 Å². The molecule has 0 N–H and O–H groups in total. The number of allylic oxidation sites excluding steroid dienone is 1. The van der Waals surface area contributed by atoms with E-state index >= 15 is 0 Å². The van der Waals surface area contributed by atoms with Gasteiger partial charge >= 0.3 is 5.97 Å². The van der Waals surface area contributed by atoms with Crippen LogP contribution >= 0.6 is 11.6 Å². The molecule has 0 amide bonds. The summed E-state index contributed by atoms with van der Waals surface area (Å²) in [7, 11) is 5.86. The quantitative estimate of drug-likeness (QED) is 0.253. The van der Waals surface area contributed by atoms with Gasteiger partial charge in [-0.2, -0.15) is 0 Å². The van der Waals surface area contributed by atoms with E-state index in [0.717, 1.165) is 0 Å². The Morgan fingerprint density at radius 1 is 0.867 bits per heavy atom. The Labute approximate surface area is 179 Å². The first-order valence-electron chi connectivity index (χ1n) is 8.61. The van der Waals surface area contributed by atoms with E-state index < -0.39 is 5.97 Å². The molecule has 0 fully saturated rings. The third-order valence-corrected chi connectivity index (χ3v) is 4.14. The van der Waals surface area contributed by atoms with Crippen LogP contribution in [0.1, 0.15) is 15.9 Å². The van der Waals surface area contributed by atoms with Crippen molar-refractivity contribution >= 4 is 29.4 Å². The molecule has 0 unspecified atom stereocenters. The number of hydrogen-bond acceptors (Lipinski definition) is 7. The topological polar surface area (TPSA) is 80.3 Å². The maximum Gasteiger partial charge on any atom is 0.354 e. The van der Waals surface area contributed by atoms with Gasteiger partial charge in [-0.15, -0.1) is 0 Å². The highest BCUT2D eigenvalue weighted by molar-refractivity contribution is 6.41. The van der Waals surface area contributed by atoms with E-state index in [4.69, 9.17) is 35.3 Å². The Hall–Kier alpha value is -3.45. The molecule has 0 aliphatic rings. The first-order chi connectivity index (χ1) is 14.3. The number of esters is 1. The Morgan fingerprint density at radius 2 is 1.47 bits per heavy atom. The molecule has 0 heterocycles. The molecule has 0 aliphatic carbocycles. The molecule has 0 atom stereocenters. The number of rotatable bonds is 9. The summed E-state index contributed by atoms with van der Waals surface area (Å²) in [5.74, 6) is 0.508. The largest absolute Gasteiger partial charge is 0.493 e. The zero-order valence-corrected chi connectivity index (χ0v) is 17.7. The van der Waals surface area contributed by atoms with Gasteiger partial charge in [0.1, 0.15) is 5.03 Å². The molecule has 30 heavy (non-hydrogen) atoms. The van der Waals surface area contributed by atoms with E-state index in [0.29, 0.717) is 34.1 Å². The SMILES string of the molecule is C=C(Cl)C(=O)Oc1cc(/C=C/C(=O)c2cc(OC)c(OC)c(OC)c2)ccc1OC. The van der Waals surface area contributed by atoms with Crippen LogP contribution in [0.4, 0.5) is 0 Å². The van der Waals surface area contributed by atoms with Gasteiger partial charge in [0.15, 0.2) is 28.8 Å². The van der Waals surface area contributed by atoms with Crippen molar-refractivity contribution in [1.29, 1.82) is 0 Å². The van der Waals surface area contributed by atoms with Gasteiger partial charge in [-0.1, -0.05) is 30.3 Å². The zero-order valence-electron chi connectivity index (χ0n) is 17.0. The number of halogens is 1. The van der Waals surface area contributed by atoms with Crippen molar-refractivity contribution in [2.24, 2.45) is 0 Å². The van der Waals surface area contributed by atoms with Crippen molar-refractivity contribution in [1.82, 2.24) is 0 Å². The minimum atomic E-state index is -0.801. The molecule has 0 saturated heterocycles. The predicted octanol–water partition coefficient (Wildman–Crippen LogP) is 4.28. The van der Waals surface area contributed by atoms with Gasteiger partial charge < -0.3 is 23.7 Å². The molecule has 8 heteroatoms. The number of hydrogen-bond donors (Lipinski definition) is 0. The second-order valence-electron chi connectivity index (χ2n) is 5.82. The minimum Gasteiger partial charge on any atom is -0.493 e. The lowest BCUT2D eigenvalue weighted by Crippen LogP contribution is -2.08. The second-order valence-corrected chi connectivity index (χ2v) is 6.27. The second kappa shape index (κ2) is 10.4. The van der Waals surface area contributed by atoms with Crippen molar-refractivity contribution in [2.75, 3.05) is 28.4 Å². The summed E-state index contributed by atoms with van der Waals surface area (Å²) < 4.78 is 26.1. The van der Waals surface area contributed by atoms with Gasteiger partial charge in [0.05, 0.1) is 28.4 Å². The summed E-state index contributed by atoms with van der Waals surface area (Å²) >= 11 is 5.56. The van der Waals surface area contributed by atoms with Crippen LogP contribution < -0.4 is 23.7 Å². The fourth-order valence-corrected chi connectivity index (χ4v) is 2.56. The Balaban J connectivity index is 2.32. The summed E-state index contributed by atoms with van der Waals surface area (Å²) in [6, 6.07) is 7.95. The van der Waals surface area contributed by atoms with Gasteiger partial charge in [0.25, 0.3) is 0 Å². The normalized spacial score (nSPS) is 10.4. The monoisotopic (exact) mass is 432 g/mol. The number of carbonyl (C=O) groups is 2. The third kappa shape index (κ3) is 5.33. The summed E-state index contributed by atoms with van der Waals surface area (Å²) in [4.78, 5) is 24.4. The fourth-order valence-electron chi connectivity index (χ4n) is 2.52. The highest BCUT2D eigenvalue weighted by Crippen LogP contribution is 2.38. The zero-order chi connectivity index (χ0) is 22.3. The third-order valence-electron chi connectivity index (χ3n) is 3.99. The van der Waals surface area contributed by atoms with Crippen LogP contribution in [0.3, 0.4) is 0 Å². The molecule has 0 radical (unpaired) electrons. The Bertz CT molecular complexity index is 970. The van der Waals surface area contributed by atoms with Gasteiger partial charge in [0.2, 0.25) is 5.75 Å². The van der Waals surface area contributed by atoms with Crippen molar-refractivity contribution < 1.29 is 33.3 Å². The van der Waals surface area contributed by atoms with Gasteiger partial charge in [0, 0.05) is 5.56 Å². The summed E-state index contributed by atoms with van der Waals surface area (Å²) in [6.07, 6.45) is 2.94. The van der Waals surface area contributed by atoms with Crippen molar-refractivity contribution in [2.45, 2.75) is 0 Å². The average Bonchev–Trinajstić information content (AvgIpc) is 2.76. The van der Waals surface area contributed by atoms with E-state index in [-0.39, 0.29) is 16.6 Å². The highest BCUT2D eigenvalue weighted by Gasteiger charge is 2.16. The van der Waals surface area contributed by atoms with E-state index in [1.165, 1.54) is 40.6 Å². The molecule has 0 bridgehead atoms. The first-order valence-corrected chi connectivity index (χ1v) is 8.99. The lowest BCUT2D eigenvalue weighted by Gasteiger charge is -2.13. The number of methoxy groups -OCH3 is 4. The molecule has 0 aliphatic heterocycles. The number of ether oxygens (including phenoxy) is 5. The molecular formula is C22H21ClO7. The van der Waals surface area contributed by atoms with Crippen LogP contribution in [-0.4, -0.2) is 40.2 Å². The van der Waals surface area contributed by atoms with E-state index in [1.807, 2.05) is 0 Å². The molecule has 7 nitrogen and oxygen atoms in total. The van der Waals surface area contributed by atoms with Crippen LogP contribution in [0, 0.1) is 0 Å². The molecule has 2 aromatic rings. The summed E-state index contributed by atoms with van der Waals surface area (Å²) in [5, 5.41) is -0.268. The maximum absolute atomic E-state index is 12.7. The van der Waals surface area contributed by atoms with Crippen LogP contribution in [0.2, 0.25) is 0 Å². The van der Waals surface area contributed by atoms with Crippen LogP contribution in [0.15, 0.2) is 48.0 Å². The lowest BCUT2D eigenvalue weighted by molar-refractivity contribution is -0.129. The Kier molecular flexibility index (Phi) is 7.89. The minimum absolute atomic E-state index is 0.145. The molecule has 0 spiro atoms. The Morgan fingerprint density at radius 3 is 1.97 bits per heavy atom. The molecule has 2 aromatic carbocycles. The summed E-state index contributed by atoms with van der Waals surface area (Å²) in [6.45, 7) is 3.32. The lowest BCUT2D eigenvalue weighted by atomic mass is 10.1. The first kappa shape index (κ1) is 22.8. The standard InChI is InChI=1S/C22H21ClO7/c1-13(23)22(25)30-18-10-14(7-9-17(18)26-2)6-8-16(24)15-11-19(27-3)21(29-5)20(12-15)28-4/h6-12H,1H2,2-5H3/b8-6+. The number of benzene rings is 2. The molecule has 158 valence electrons. The highest BCUT2D eigenvalue weighted by atomic mass is 35.5. The van der Waals surface area contributed by atoms with Crippen LogP contribution in [0.5, 0.6) is 28.7 Å². The molecule has 0 aromatic heterocycles. The predicted molar refractivity (Wildman–Crippen MR) is 113 cm³/mol. The van der Waals surface area contributed by atoms with Crippen molar-refractivity contribution in [3.8, 4) is 28.7 Å². The van der Waals surface area contributed by atoms with Crippen molar-refractivity contribution in [3.05, 3.63) is 59.1 Å². The number of carbonyl (C=O) groups excluding carboxylic acids is 2. The maximum atomic E-state index is 12.7. The van der Waals surface area contributed by atoms with Crippen LogP contribution in [0.25, 0.3) is 6.08 Å². The molecule has 2 rings (SSSR count). The van der Waals surface area contributed by atoms with E-state index in [9.17, 15) is 9.59 Å². The van der Waals surface area contributed by atoms with E-state index in [1.54, 1.807) is 30.3 Å². The van der Waals surface area contributed by atoms with E-state index in [2.05, 4.69) is 6.58 Å². The molecule has 0 saturated carbocycles. The van der Waals surface area contributed by atoms with Gasteiger partial charge in [-0.25, -0.2) is 4.79 Å².